The Morgan fingerprint density at radius 3 is 2.50 bits per heavy atom. The van der Waals surface area contributed by atoms with Crippen LogP contribution in [-0.2, 0) is 16.1 Å². The highest BCUT2D eigenvalue weighted by molar-refractivity contribution is 6.30. The highest BCUT2D eigenvalue weighted by atomic mass is 35.5. The Morgan fingerprint density at radius 1 is 1.03 bits per heavy atom. The molecule has 7 heteroatoms. The number of hydrogen-bond donors (Lipinski definition) is 0. The minimum Gasteiger partial charge on any atom is -0.490 e. The maximum atomic E-state index is 13.2. The van der Waals surface area contributed by atoms with E-state index < -0.39 is 0 Å². The molecule has 0 N–H and O–H groups in total. The molecule has 194 valence electrons. The molecule has 1 saturated heterocycles. The van der Waals surface area contributed by atoms with E-state index >= 15 is 0 Å². The number of rotatable bonds is 9. The van der Waals surface area contributed by atoms with Crippen molar-refractivity contribution in [2.75, 3.05) is 33.7 Å². The molecule has 0 unspecified atom stereocenters. The third-order valence-electron chi connectivity index (χ3n) is 7.56. The van der Waals surface area contributed by atoms with Gasteiger partial charge in [0.1, 0.15) is 11.9 Å². The average Bonchev–Trinajstić information content (AvgIpc) is 3.41. The second-order valence-electron chi connectivity index (χ2n) is 10.3. The van der Waals surface area contributed by atoms with Gasteiger partial charge in [0.25, 0.3) is 0 Å². The predicted octanol–water partition coefficient (Wildman–Crippen LogP) is 4.86. The van der Waals surface area contributed by atoms with Crippen molar-refractivity contribution in [3.05, 3.63) is 65.2 Å². The van der Waals surface area contributed by atoms with Gasteiger partial charge in [0, 0.05) is 56.5 Å². The van der Waals surface area contributed by atoms with Crippen LogP contribution in [0.5, 0.6) is 5.75 Å². The average molecular weight is 512 g/mol. The first-order valence-corrected chi connectivity index (χ1v) is 13.4. The van der Waals surface area contributed by atoms with Crippen LogP contribution >= 0.6 is 11.6 Å². The molecule has 2 amide bonds. The molecular weight excluding hydrogens is 474 g/mol. The molecule has 1 saturated carbocycles. The van der Waals surface area contributed by atoms with E-state index in [1.165, 1.54) is 25.7 Å². The van der Waals surface area contributed by atoms with E-state index in [9.17, 15) is 9.59 Å². The first-order valence-electron chi connectivity index (χ1n) is 13.1. The summed E-state index contributed by atoms with van der Waals surface area (Å²) in [6.45, 7) is 2.14. The zero-order valence-electron chi connectivity index (χ0n) is 21.4. The second kappa shape index (κ2) is 12.6. The number of carbonyl (C=O) groups excluding carboxylic acids is 2. The van der Waals surface area contributed by atoms with E-state index in [1.807, 2.05) is 60.5 Å². The van der Waals surface area contributed by atoms with Gasteiger partial charge in [0.15, 0.2) is 0 Å². The maximum absolute atomic E-state index is 13.2. The lowest BCUT2D eigenvalue weighted by molar-refractivity contribution is -0.139. The molecule has 2 atom stereocenters. The third-order valence-corrected chi connectivity index (χ3v) is 7.79. The van der Waals surface area contributed by atoms with E-state index in [4.69, 9.17) is 16.3 Å². The van der Waals surface area contributed by atoms with Gasteiger partial charge in [-0.2, -0.15) is 0 Å². The molecule has 1 aliphatic carbocycles. The SMILES string of the molecule is CN(Cc1ccccc1)C(=O)C[C@H]1CN(C(=O)CN(C)C2CCCC2)CC[C@@H]1Oc1cccc(Cl)c1. The molecule has 0 bridgehead atoms. The summed E-state index contributed by atoms with van der Waals surface area (Å²) in [5, 5.41) is 0.616. The highest BCUT2D eigenvalue weighted by Gasteiger charge is 2.35. The Balaban J connectivity index is 1.42. The number of carbonyl (C=O) groups is 2. The van der Waals surface area contributed by atoms with E-state index in [0.717, 1.165) is 5.56 Å². The Hall–Kier alpha value is -2.57. The number of amides is 2. The normalized spacial score (nSPS) is 20.5. The van der Waals surface area contributed by atoms with Gasteiger partial charge < -0.3 is 14.5 Å². The highest BCUT2D eigenvalue weighted by Crippen LogP contribution is 2.28. The number of hydrogen-bond acceptors (Lipinski definition) is 4. The number of likely N-dealkylation sites (N-methyl/N-ethyl adjacent to an activating group) is 1. The van der Waals surface area contributed by atoms with Gasteiger partial charge >= 0.3 is 0 Å². The molecule has 2 fully saturated rings. The molecule has 0 aromatic heterocycles. The number of ether oxygens (including phenoxy) is 1. The third kappa shape index (κ3) is 7.23. The monoisotopic (exact) mass is 511 g/mol. The number of likely N-dealkylation sites (tertiary alicyclic amines) is 1. The first kappa shape index (κ1) is 26.5. The number of nitrogens with zero attached hydrogens (tertiary/aromatic N) is 3. The largest absolute Gasteiger partial charge is 0.490 e. The minimum atomic E-state index is -0.158. The van der Waals surface area contributed by atoms with Crippen molar-refractivity contribution in [1.29, 1.82) is 0 Å². The molecule has 6 nitrogen and oxygen atoms in total. The van der Waals surface area contributed by atoms with Gasteiger partial charge in [-0.1, -0.05) is 60.8 Å². The van der Waals surface area contributed by atoms with Gasteiger partial charge in [-0.25, -0.2) is 0 Å². The van der Waals surface area contributed by atoms with E-state index in [0.29, 0.717) is 55.8 Å². The first-order chi connectivity index (χ1) is 17.4. The quantitative estimate of drug-likeness (QED) is 0.482. The minimum absolute atomic E-state index is 0.0564. The molecule has 1 aliphatic heterocycles. The summed E-state index contributed by atoms with van der Waals surface area (Å²) in [5.41, 5.74) is 1.09. The maximum Gasteiger partial charge on any atom is 0.236 e. The summed E-state index contributed by atoms with van der Waals surface area (Å²) in [5.74, 6) is 0.800. The summed E-state index contributed by atoms with van der Waals surface area (Å²) in [4.78, 5) is 32.3. The molecule has 1 heterocycles. The van der Waals surface area contributed by atoms with Crippen LogP contribution in [0.3, 0.4) is 0 Å². The topological polar surface area (TPSA) is 53.1 Å². The van der Waals surface area contributed by atoms with Crippen LogP contribution < -0.4 is 4.74 Å². The van der Waals surface area contributed by atoms with Crippen LogP contribution in [0.2, 0.25) is 5.02 Å². The molecular formula is C29H38ClN3O3. The van der Waals surface area contributed by atoms with Crippen LogP contribution in [0.25, 0.3) is 0 Å². The number of halogens is 1. The standard InChI is InChI=1S/C29H38ClN3O3/c1-31(25-12-6-7-13-25)21-29(35)33-16-15-27(36-26-14-8-11-24(30)18-26)23(20-33)17-28(34)32(2)19-22-9-4-3-5-10-22/h3-5,8-11,14,18,23,25,27H,6-7,12-13,15-17,19-21H2,1-2H3/t23-,27-/m0/s1. The lowest BCUT2D eigenvalue weighted by Gasteiger charge is -2.39. The summed E-state index contributed by atoms with van der Waals surface area (Å²) in [7, 11) is 3.90. The molecule has 0 spiro atoms. The Bertz CT molecular complexity index is 1010. The Labute approximate surface area is 220 Å². The van der Waals surface area contributed by atoms with Gasteiger partial charge in [-0.15, -0.1) is 0 Å². The van der Waals surface area contributed by atoms with Crippen LogP contribution in [0.1, 0.15) is 44.1 Å². The molecule has 2 aliphatic rings. The zero-order chi connectivity index (χ0) is 25.5. The van der Waals surface area contributed by atoms with Gasteiger partial charge in [0.05, 0.1) is 6.54 Å². The van der Waals surface area contributed by atoms with Crippen LogP contribution in [0.15, 0.2) is 54.6 Å². The molecule has 2 aromatic carbocycles. The van der Waals surface area contributed by atoms with E-state index in [2.05, 4.69) is 11.9 Å². The Morgan fingerprint density at radius 2 is 1.78 bits per heavy atom. The summed E-state index contributed by atoms with van der Waals surface area (Å²) in [6.07, 6.45) is 5.69. The molecule has 36 heavy (non-hydrogen) atoms. The van der Waals surface area contributed by atoms with Crippen LogP contribution in [-0.4, -0.2) is 72.4 Å². The zero-order valence-corrected chi connectivity index (χ0v) is 22.2. The van der Waals surface area contributed by atoms with Gasteiger partial charge in [-0.05, 0) is 43.7 Å². The van der Waals surface area contributed by atoms with Crippen molar-refractivity contribution in [2.24, 2.45) is 5.92 Å². The van der Waals surface area contributed by atoms with Crippen molar-refractivity contribution >= 4 is 23.4 Å². The molecule has 2 aromatic rings. The lowest BCUT2D eigenvalue weighted by atomic mass is 9.90. The smallest absolute Gasteiger partial charge is 0.236 e. The molecule has 0 radical (unpaired) electrons. The van der Waals surface area contributed by atoms with E-state index in [1.54, 1.807) is 11.0 Å². The fourth-order valence-corrected chi connectivity index (χ4v) is 5.60. The van der Waals surface area contributed by atoms with Gasteiger partial charge in [0.2, 0.25) is 11.8 Å². The predicted molar refractivity (Wildman–Crippen MR) is 143 cm³/mol. The lowest BCUT2D eigenvalue weighted by Crippen LogP contribution is -2.51. The number of benzene rings is 2. The number of piperidine rings is 1. The van der Waals surface area contributed by atoms with Crippen molar-refractivity contribution in [2.45, 2.75) is 57.2 Å². The fourth-order valence-electron chi connectivity index (χ4n) is 5.42. The summed E-state index contributed by atoms with van der Waals surface area (Å²) in [6, 6.07) is 17.9. The molecule has 4 rings (SSSR count). The van der Waals surface area contributed by atoms with E-state index in [-0.39, 0.29) is 23.8 Å². The van der Waals surface area contributed by atoms with Crippen LogP contribution in [0, 0.1) is 5.92 Å². The van der Waals surface area contributed by atoms with Crippen LogP contribution in [0.4, 0.5) is 0 Å². The Kier molecular flexibility index (Phi) is 9.27. The van der Waals surface area contributed by atoms with Crippen molar-refractivity contribution in [1.82, 2.24) is 14.7 Å². The van der Waals surface area contributed by atoms with Crippen molar-refractivity contribution in [3.63, 3.8) is 0 Å². The summed E-state index contributed by atoms with van der Waals surface area (Å²) >= 11 is 6.17. The summed E-state index contributed by atoms with van der Waals surface area (Å²) < 4.78 is 6.33. The van der Waals surface area contributed by atoms with Crippen molar-refractivity contribution < 1.29 is 14.3 Å². The fraction of sp³-hybridized carbons (Fsp3) is 0.517. The second-order valence-corrected chi connectivity index (χ2v) is 10.7. The van der Waals surface area contributed by atoms with Crippen molar-refractivity contribution in [3.8, 4) is 5.75 Å². The van der Waals surface area contributed by atoms with Gasteiger partial charge in [-0.3, -0.25) is 14.5 Å².